The zero-order chi connectivity index (χ0) is 9.64. The molecule has 0 unspecified atom stereocenters. The minimum Gasteiger partial charge on any atom is -0.147 e. The highest BCUT2D eigenvalue weighted by Crippen LogP contribution is 2.36. The summed E-state index contributed by atoms with van der Waals surface area (Å²) in [6.07, 6.45) is 0. The Balaban J connectivity index is 0.00000112. The van der Waals surface area contributed by atoms with Crippen molar-refractivity contribution in [2.24, 2.45) is 0 Å². The lowest BCUT2D eigenvalue weighted by atomic mass is 10.4. The fourth-order valence-corrected chi connectivity index (χ4v) is 3.02. The van der Waals surface area contributed by atoms with Gasteiger partial charge < -0.3 is 0 Å². The Bertz CT molecular complexity index is 336. The molecule has 2 aromatic carbocycles. The summed E-state index contributed by atoms with van der Waals surface area (Å²) in [6.45, 7) is 0. The van der Waals surface area contributed by atoms with Crippen LogP contribution in [0.3, 0.4) is 0 Å². The largest absolute Gasteiger partial charge is 0.147 e. The second kappa shape index (κ2) is 6.83. The van der Waals surface area contributed by atoms with Gasteiger partial charge in [0.15, 0.2) is 0 Å². The van der Waals surface area contributed by atoms with Crippen LogP contribution in [-0.2, 0) is 0 Å². The molecule has 0 atom stereocenters. The Morgan fingerprint density at radius 3 is 1.20 bits per heavy atom. The average Bonchev–Trinajstić information content (AvgIpc) is 2.29. The Labute approximate surface area is 104 Å². The van der Waals surface area contributed by atoms with Gasteiger partial charge in [-0.1, -0.05) is 58.0 Å². The predicted octanol–water partition coefficient (Wildman–Crippen LogP) is 4.91. The maximum Gasteiger partial charge on any atom is 0.0186 e. The molecule has 0 aromatic heterocycles. The van der Waals surface area contributed by atoms with E-state index in [0.717, 1.165) is 0 Å². The molecule has 0 saturated carbocycles. The molecule has 0 aliphatic rings. The SMILES string of the molecule is Cl.c1ccc(SSc2ccccc2)cc1. The molecule has 2 aromatic rings. The quantitative estimate of drug-likeness (QED) is 0.714. The average molecular weight is 255 g/mol. The van der Waals surface area contributed by atoms with E-state index in [0.29, 0.717) is 0 Å². The van der Waals surface area contributed by atoms with E-state index in [1.807, 2.05) is 12.1 Å². The van der Waals surface area contributed by atoms with Crippen LogP contribution in [0.2, 0.25) is 0 Å². The summed E-state index contributed by atoms with van der Waals surface area (Å²) >= 11 is 0. The highest BCUT2D eigenvalue weighted by Gasteiger charge is 1.94. The Morgan fingerprint density at radius 2 is 0.867 bits per heavy atom. The van der Waals surface area contributed by atoms with E-state index in [9.17, 15) is 0 Å². The summed E-state index contributed by atoms with van der Waals surface area (Å²) in [4.78, 5) is 2.59. The first kappa shape index (κ1) is 12.5. The molecule has 78 valence electrons. The Kier molecular flexibility index (Phi) is 5.69. The standard InChI is InChI=1S/C12H10S2.ClH/c1-3-7-11(8-4-1)13-14-12-9-5-2-6-10-12;/h1-10H;1H. The molecule has 0 fully saturated rings. The molecular weight excluding hydrogens is 244 g/mol. The van der Waals surface area contributed by atoms with Crippen molar-refractivity contribution in [3.63, 3.8) is 0 Å². The molecule has 0 spiro atoms. The van der Waals surface area contributed by atoms with Crippen LogP contribution in [0, 0.1) is 0 Å². The van der Waals surface area contributed by atoms with Crippen LogP contribution in [0.5, 0.6) is 0 Å². The fraction of sp³-hybridized carbons (Fsp3) is 0. The third kappa shape index (κ3) is 4.20. The highest BCUT2D eigenvalue weighted by molar-refractivity contribution is 8.76. The van der Waals surface area contributed by atoms with Gasteiger partial charge in [-0.15, -0.1) is 12.4 Å². The number of halogens is 1. The van der Waals surface area contributed by atoms with Crippen LogP contribution in [0.15, 0.2) is 70.5 Å². The molecule has 0 amide bonds. The molecule has 0 saturated heterocycles. The molecule has 0 nitrogen and oxygen atoms in total. The maximum absolute atomic E-state index is 2.13. The molecule has 15 heavy (non-hydrogen) atoms. The zero-order valence-corrected chi connectivity index (χ0v) is 10.4. The van der Waals surface area contributed by atoms with Crippen molar-refractivity contribution in [1.82, 2.24) is 0 Å². The molecular formula is C12H11ClS2. The molecule has 3 heteroatoms. The van der Waals surface area contributed by atoms with Crippen LogP contribution in [0.1, 0.15) is 0 Å². The Hall–Kier alpha value is -0.570. The Morgan fingerprint density at radius 1 is 0.533 bits per heavy atom. The van der Waals surface area contributed by atoms with E-state index in [2.05, 4.69) is 48.5 Å². The van der Waals surface area contributed by atoms with Gasteiger partial charge in [0.05, 0.1) is 0 Å². The topological polar surface area (TPSA) is 0 Å². The molecule has 2 rings (SSSR count). The van der Waals surface area contributed by atoms with Gasteiger partial charge in [-0.2, -0.15) is 0 Å². The van der Waals surface area contributed by atoms with Gasteiger partial charge in [-0.05, 0) is 24.3 Å². The van der Waals surface area contributed by atoms with E-state index in [4.69, 9.17) is 0 Å². The van der Waals surface area contributed by atoms with Gasteiger partial charge in [0.25, 0.3) is 0 Å². The van der Waals surface area contributed by atoms with Crippen molar-refractivity contribution in [3.8, 4) is 0 Å². The predicted molar refractivity (Wildman–Crippen MR) is 71.8 cm³/mol. The first-order chi connectivity index (χ1) is 6.95. The summed E-state index contributed by atoms with van der Waals surface area (Å²) in [5.41, 5.74) is 0. The number of hydrogen-bond donors (Lipinski definition) is 0. The van der Waals surface area contributed by atoms with Crippen molar-refractivity contribution in [2.45, 2.75) is 9.79 Å². The fourth-order valence-electron chi connectivity index (χ4n) is 1.05. The van der Waals surface area contributed by atoms with E-state index >= 15 is 0 Å². The lowest BCUT2D eigenvalue weighted by molar-refractivity contribution is 1.47. The molecule has 0 bridgehead atoms. The number of benzene rings is 2. The van der Waals surface area contributed by atoms with Crippen LogP contribution >= 0.6 is 34.0 Å². The summed E-state index contributed by atoms with van der Waals surface area (Å²) in [5, 5.41) is 0. The minimum atomic E-state index is 0. The number of hydrogen-bond acceptors (Lipinski definition) is 2. The lowest BCUT2D eigenvalue weighted by Crippen LogP contribution is -1.67. The van der Waals surface area contributed by atoms with Gasteiger partial charge in [0.1, 0.15) is 0 Å². The van der Waals surface area contributed by atoms with Crippen molar-refractivity contribution in [1.29, 1.82) is 0 Å². The monoisotopic (exact) mass is 254 g/mol. The smallest absolute Gasteiger partial charge is 0.0186 e. The van der Waals surface area contributed by atoms with Gasteiger partial charge in [0, 0.05) is 9.79 Å². The highest BCUT2D eigenvalue weighted by atomic mass is 35.5. The summed E-state index contributed by atoms with van der Waals surface area (Å²) in [6, 6.07) is 20.8. The van der Waals surface area contributed by atoms with Crippen LogP contribution < -0.4 is 0 Å². The first-order valence-corrected chi connectivity index (χ1v) is 6.55. The van der Waals surface area contributed by atoms with Gasteiger partial charge in [-0.25, -0.2) is 0 Å². The van der Waals surface area contributed by atoms with E-state index < -0.39 is 0 Å². The third-order valence-corrected chi connectivity index (χ3v) is 4.14. The summed E-state index contributed by atoms with van der Waals surface area (Å²) in [5.74, 6) is 0. The molecule has 0 radical (unpaired) electrons. The van der Waals surface area contributed by atoms with Crippen LogP contribution in [-0.4, -0.2) is 0 Å². The molecule has 0 heterocycles. The van der Waals surface area contributed by atoms with Gasteiger partial charge in [-0.3, -0.25) is 0 Å². The van der Waals surface area contributed by atoms with Gasteiger partial charge >= 0.3 is 0 Å². The first-order valence-electron chi connectivity index (χ1n) is 4.40. The third-order valence-electron chi connectivity index (χ3n) is 1.72. The van der Waals surface area contributed by atoms with E-state index in [1.165, 1.54) is 9.79 Å². The second-order valence-corrected chi connectivity index (χ2v) is 5.07. The van der Waals surface area contributed by atoms with Crippen molar-refractivity contribution >= 4 is 34.0 Å². The molecule has 0 N–H and O–H groups in total. The minimum absolute atomic E-state index is 0. The lowest BCUT2D eigenvalue weighted by Gasteiger charge is -1.99. The molecule has 0 aliphatic heterocycles. The van der Waals surface area contributed by atoms with Gasteiger partial charge in [0.2, 0.25) is 0 Å². The normalized spacial score (nSPS) is 9.33. The van der Waals surface area contributed by atoms with Crippen molar-refractivity contribution in [2.75, 3.05) is 0 Å². The summed E-state index contributed by atoms with van der Waals surface area (Å²) in [7, 11) is 3.58. The second-order valence-electron chi connectivity index (χ2n) is 2.79. The molecule has 0 aliphatic carbocycles. The van der Waals surface area contributed by atoms with Crippen molar-refractivity contribution in [3.05, 3.63) is 60.7 Å². The number of rotatable bonds is 3. The van der Waals surface area contributed by atoms with Crippen molar-refractivity contribution < 1.29 is 0 Å². The summed E-state index contributed by atoms with van der Waals surface area (Å²) < 4.78 is 0. The maximum atomic E-state index is 2.13. The van der Waals surface area contributed by atoms with Crippen LogP contribution in [0.25, 0.3) is 0 Å². The van der Waals surface area contributed by atoms with Crippen LogP contribution in [0.4, 0.5) is 0 Å². The zero-order valence-electron chi connectivity index (χ0n) is 8.00. The van der Waals surface area contributed by atoms with E-state index in [-0.39, 0.29) is 12.4 Å². The van der Waals surface area contributed by atoms with E-state index in [1.54, 1.807) is 21.6 Å².